The Kier molecular flexibility index (Phi) is 7.08. The van der Waals surface area contributed by atoms with Gasteiger partial charge < -0.3 is 24.6 Å². The fourth-order valence-electron chi connectivity index (χ4n) is 3.16. The molecule has 1 aromatic heterocycles. The van der Waals surface area contributed by atoms with Gasteiger partial charge >= 0.3 is 0 Å². The highest BCUT2D eigenvalue weighted by atomic mass is 16.5. The van der Waals surface area contributed by atoms with Crippen molar-refractivity contribution in [3.8, 4) is 11.5 Å². The zero-order chi connectivity index (χ0) is 19.8. The zero-order valence-corrected chi connectivity index (χ0v) is 16.6. The number of amides is 1. The van der Waals surface area contributed by atoms with Crippen molar-refractivity contribution < 1.29 is 14.3 Å². The molecule has 0 aliphatic carbocycles. The Morgan fingerprint density at radius 3 is 2.50 bits per heavy atom. The zero-order valence-electron chi connectivity index (χ0n) is 16.6. The van der Waals surface area contributed by atoms with Crippen LogP contribution in [0.15, 0.2) is 42.6 Å². The number of likely N-dealkylation sites (N-methyl/N-ethyl adjacent to an activating group) is 1. The molecule has 0 spiro atoms. The number of nitrogens with zero attached hydrogens (tertiary/aromatic N) is 3. The standard InChI is InChI=1S/C21H28N4O3/c1-3-24-11-13-25(14-12-24)17-8-9-22-20(16-17)21(26)23-10-15-28-19-6-4-18(27-2)5-7-19/h4-9,16H,3,10-15H2,1-2H3,(H,23,26). The maximum Gasteiger partial charge on any atom is 0.270 e. The molecule has 0 bridgehead atoms. The third-order valence-electron chi connectivity index (χ3n) is 4.88. The molecule has 7 heteroatoms. The Morgan fingerprint density at radius 1 is 1.11 bits per heavy atom. The molecule has 7 nitrogen and oxygen atoms in total. The summed E-state index contributed by atoms with van der Waals surface area (Å²) in [6.07, 6.45) is 1.70. The lowest BCUT2D eigenvalue weighted by Crippen LogP contribution is -2.46. The molecular weight excluding hydrogens is 356 g/mol. The summed E-state index contributed by atoms with van der Waals surface area (Å²) in [5.74, 6) is 1.33. The van der Waals surface area contributed by atoms with Crippen molar-refractivity contribution in [1.82, 2.24) is 15.2 Å². The van der Waals surface area contributed by atoms with Gasteiger partial charge in [0.05, 0.1) is 13.7 Å². The normalized spacial score (nSPS) is 14.6. The van der Waals surface area contributed by atoms with E-state index in [0.29, 0.717) is 18.8 Å². The van der Waals surface area contributed by atoms with Crippen molar-refractivity contribution in [3.05, 3.63) is 48.3 Å². The monoisotopic (exact) mass is 384 g/mol. The van der Waals surface area contributed by atoms with Crippen LogP contribution in [0.2, 0.25) is 0 Å². The highest BCUT2D eigenvalue weighted by Crippen LogP contribution is 2.18. The summed E-state index contributed by atoms with van der Waals surface area (Å²) >= 11 is 0. The summed E-state index contributed by atoms with van der Waals surface area (Å²) in [6.45, 7) is 8.08. The molecule has 0 atom stereocenters. The molecule has 1 aliphatic rings. The van der Waals surface area contributed by atoms with Crippen LogP contribution in [0.1, 0.15) is 17.4 Å². The maximum absolute atomic E-state index is 12.4. The molecule has 150 valence electrons. The molecule has 3 rings (SSSR count). The predicted molar refractivity (Wildman–Crippen MR) is 109 cm³/mol. The molecule has 0 saturated carbocycles. The second kappa shape index (κ2) is 9.94. The van der Waals surface area contributed by atoms with Gasteiger partial charge in [-0.15, -0.1) is 0 Å². The first-order valence-corrected chi connectivity index (χ1v) is 9.68. The highest BCUT2D eigenvalue weighted by molar-refractivity contribution is 5.93. The van der Waals surface area contributed by atoms with Gasteiger partial charge in [-0.25, -0.2) is 0 Å². The van der Waals surface area contributed by atoms with Crippen LogP contribution in [0, 0.1) is 0 Å². The van der Waals surface area contributed by atoms with E-state index in [1.807, 2.05) is 36.4 Å². The van der Waals surface area contributed by atoms with Crippen LogP contribution in [0.3, 0.4) is 0 Å². The molecule has 1 N–H and O–H groups in total. The predicted octanol–water partition coefficient (Wildman–Crippen LogP) is 2.04. The van der Waals surface area contributed by atoms with Crippen molar-refractivity contribution in [3.63, 3.8) is 0 Å². The quantitative estimate of drug-likeness (QED) is 0.703. The number of aromatic nitrogens is 1. The van der Waals surface area contributed by atoms with Crippen molar-refractivity contribution >= 4 is 11.6 Å². The Labute approximate surface area is 166 Å². The van der Waals surface area contributed by atoms with Crippen LogP contribution >= 0.6 is 0 Å². The summed E-state index contributed by atoms with van der Waals surface area (Å²) < 4.78 is 10.7. The van der Waals surface area contributed by atoms with Gasteiger partial charge in [0.15, 0.2) is 0 Å². The Bertz CT molecular complexity index is 759. The summed E-state index contributed by atoms with van der Waals surface area (Å²) in [5.41, 5.74) is 1.48. The highest BCUT2D eigenvalue weighted by Gasteiger charge is 2.17. The number of carbonyl (C=O) groups is 1. The molecule has 1 aromatic carbocycles. The fourth-order valence-corrected chi connectivity index (χ4v) is 3.16. The van der Waals surface area contributed by atoms with Crippen LogP contribution in [0.25, 0.3) is 0 Å². The Hall–Kier alpha value is -2.80. The first kappa shape index (κ1) is 19.9. The molecule has 28 heavy (non-hydrogen) atoms. The number of rotatable bonds is 8. The second-order valence-corrected chi connectivity index (χ2v) is 6.60. The third kappa shape index (κ3) is 5.36. The number of methoxy groups -OCH3 is 1. The largest absolute Gasteiger partial charge is 0.497 e. The molecule has 1 aliphatic heterocycles. The van der Waals surface area contributed by atoms with Crippen molar-refractivity contribution in [2.45, 2.75) is 6.92 Å². The molecule has 1 fully saturated rings. The van der Waals surface area contributed by atoms with Crippen LogP contribution in [0.4, 0.5) is 5.69 Å². The number of nitrogens with one attached hydrogen (secondary N) is 1. The molecule has 1 amide bonds. The van der Waals surface area contributed by atoms with E-state index in [1.165, 1.54) is 0 Å². The average molecular weight is 384 g/mol. The van der Waals surface area contributed by atoms with Gasteiger partial charge in [-0.1, -0.05) is 6.92 Å². The van der Waals surface area contributed by atoms with Gasteiger partial charge in [-0.05, 0) is 42.9 Å². The van der Waals surface area contributed by atoms with Gasteiger partial charge in [0.25, 0.3) is 5.91 Å². The van der Waals surface area contributed by atoms with Gasteiger partial charge in [0, 0.05) is 38.1 Å². The average Bonchev–Trinajstić information content (AvgIpc) is 2.77. The second-order valence-electron chi connectivity index (χ2n) is 6.60. The summed E-state index contributed by atoms with van der Waals surface area (Å²) in [5, 5.41) is 2.86. The molecule has 2 aromatic rings. The lowest BCUT2D eigenvalue weighted by atomic mass is 10.2. The van der Waals surface area contributed by atoms with E-state index < -0.39 is 0 Å². The van der Waals surface area contributed by atoms with Crippen LogP contribution < -0.4 is 19.7 Å². The van der Waals surface area contributed by atoms with Crippen LogP contribution in [0.5, 0.6) is 11.5 Å². The van der Waals surface area contributed by atoms with E-state index in [2.05, 4.69) is 27.0 Å². The van der Waals surface area contributed by atoms with Gasteiger partial charge in [0.1, 0.15) is 23.8 Å². The summed E-state index contributed by atoms with van der Waals surface area (Å²) in [6, 6.07) is 11.2. The number of hydrogen-bond acceptors (Lipinski definition) is 6. The number of anilines is 1. The molecule has 0 radical (unpaired) electrons. The molecule has 2 heterocycles. The minimum Gasteiger partial charge on any atom is -0.497 e. The topological polar surface area (TPSA) is 66.9 Å². The number of benzene rings is 1. The smallest absolute Gasteiger partial charge is 0.270 e. The van der Waals surface area contributed by atoms with E-state index in [0.717, 1.165) is 49.9 Å². The van der Waals surface area contributed by atoms with Gasteiger partial charge in [-0.2, -0.15) is 0 Å². The minimum absolute atomic E-state index is 0.188. The van der Waals surface area contributed by atoms with Crippen molar-refractivity contribution in [2.24, 2.45) is 0 Å². The SMILES string of the molecule is CCN1CCN(c2ccnc(C(=O)NCCOc3ccc(OC)cc3)c2)CC1. The van der Waals surface area contributed by atoms with E-state index in [9.17, 15) is 4.79 Å². The first-order chi connectivity index (χ1) is 13.7. The number of piperazine rings is 1. The first-order valence-electron chi connectivity index (χ1n) is 9.68. The van der Waals surface area contributed by atoms with E-state index >= 15 is 0 Å². The summed E-state index contributed by atoms with van der Waals surface area (Å²) in [4.78, 5) is 21.3. The van der Waals surface area contributed by atoms with E-state index in [4.69, 9.17) is 9.47 Å². The fraction of sp³-hybridized carbons (Fsp3) is 0.429. The molecule has 0 unspecified atom stereocenters. The lowest BCUT2D eigenvalue weighted by Gasteiger charge is -2.35. The van der Waals surface area contributed by atoms with Gasteiger partial charge in [0.2, 0.25) is 0 Å². The molecular formula is C21H28N4O3. The number of ether oxygens (including phenoxy) is 2. The number of pyridine rings is 1. The Morgan fingerprint density at radius 2 is 1.82 bits per heavy atom. The summed E-state index contributed by atoms with van der Waals surface area (Å²) in [7, 11) is 1.62. The third-order valence-corrected chi connectivity index (χ3v) is 4.88. The maximum atomic E-state index is 12.4. The van der Waals surface area contributed by atoms with Crippen LogP contribution in [-0.2, 0) is 0 Å². The van der Waals surface area contributed by atoms with Crippen molar-refractivity contribution in [2.75, 3.05) is 57.9 Å². The molecule has 1 saturated heterocycles. The number of carbonyl (C=O) groups excluding carboxylic acids is 1. The minimum atomic E-state index is -0.188. The number of hydrogen-bond donors (Lipinski definition) is 1. The van der Waals surface area contributed by atoms with Crippen molar-refractivity contribution in [1.29, 1.82) is 0 Å². The van der Waals surface area contributed by atoms with Gasteiger partial charge in [-0.3, -0.25) is 9.78 Å². The lowest BCUT2D eigenvalue weighted by molar-refractivity contribution is 0.0942. The van der Waals surface area contributed by atoms with E-state index in [1.54, 1.807) is 13.3 Å². The van der Waals surface area contributed by atoms with Crippen LogP contribution in [-0.4, -0.2) is 68.8 Å². The Balaban J connectivity index is 1.46. The van der Waals surface area contributed by atoms with E-state index in [-0.39, 0.29) is 5.91 Å².